The molecule has 0 saturated heterocycles. The van der Waals surface area contributed by atoms with E-state index in [1.54, 1.807) is 12.1 Å². The summed E-state index contributed by atoms with van der Waals surface area (Å²) >= 11 is 3.78. The number of H-pyrrole nitrogens is 1. The Morgan fingerprint density at radius 2 is 1.01 bits per heavy atom. The van der Waals surface area contributed by atoms with Crippen LogP contribution >= 0.6 is 12.8 Å². The lowest BCUT2D eigenvalue weighted by atomic mass is 10.1. The zero-order valence-corrected chi connectivity index (χ0v) is 41.2. The molecular formula is C55H56N14O4S+2. The van der Waals surface area contributed by atoms with Crippen LogP contribution in [-0.4, -0.2) is 37.7 Å². The number of rotatable bonds is 16. The molecule has 4 aromatic heterocycles. The van der Waals surface area contributed by atoms with Crippen LogP contribution < -0.4 is 57.9 Å². The Kier molecular flexibility index (Phi) is 15.1. The average Bonchev–Trinajstić information content (AvgIpc) is 3.88. The van der Waals surface area contributed by atoms with Crippen molar-refractivity contribution in [2.45, 2.75) is 58.5 Å². The number of fused-ring (bicyclic) bond motifs is 5. The van der Waals surface area contributed by atoms with Gasteiger partial charge in [0.05, 0.1) is 6.33 Å². The number of pyridine rings is 2. The highest BCUT2D eigenvalue weighted by molar-refractivity contribution is 7.78. The first-order chi connectivity index (χ1) is 35.9. The molecule has 6 aromatic carbocycles. The van der Waals surface area contributed by atoms with Crippen LogP contribution in [0.25, 0.3) is 54.8 Å². The number of aromatic nitrogens is 6. The highest BCUT2D eigenvalue weighted by atomic mass is 32.1. The monoisotopic (exact) mass is 1010 g/mol. The molecule has 74 heavy (non-hydrogen) atoms. The number of nitrogen functional groups attached to an aromatic ring is 5. The Morgan fingerprint density at radius 3 is 1.51 bits per heavy atom. The number of nitrogens with zero attached hydrogens (tertiary/aromatic N) is 5. The molecule has 0 aliphatic heterocycles. The molecule has 10 rings (SSSR count). The van der Waals surface area contributed by atoms with Gasteiger partial charge in [0, 0.05) is 113 Å². The molecule has 14 N–H and O–H groups in total. The highest BCUT2D eigenvalue weighted by Crippen LogP contribution is 2.25. The van der Waals surface area contributed by atoms with Crippen molar-refractivity contribution < 1.29 is 28.3 Å². The van der Waals surface area contributed by atoms with Gasteiger partial charge in [-0.25, -0.2) is 4.98 Å². The van der Waals surface area contributed by atoms with Gasteiger partial charge >= 0.3 is 0 Å². The number of hydrogen-bond acceptors (Lipinski definition) is 13. The number of hydrogen-bond donors (Lipinski definition) is 10. The van der Waals surface area contributed by atoms with Crippen LogP contribution in [0.2, 0.25) is 0 Å². The Balaban J connectivity index is 0.000000243. The number of carbonyl (C=O) groups is 3. The molecule has 0 unspecified atom stereocenters. The van der Waals surface area contributed by atoms with Crippen LogP contribution in [0.15, 0.2) is 140 Å². The predicted octanol–water partition coefficient (Wildman–Crippen LogP) is 6.49. The second kappa shape index (κ2) is 22.5. The van der Waals surface area contributed by atoms with E-state index in [0.29, 0.717) is 97.2 Å². The van der Waals surface area contributed by atoms with Gasteiger partial charge in [0.1, 0.15) is 25.2 Å². The summed E-state index contributed by atoms with van der Waals surface area (Å²) in [6, 6.07) is 42.6. The first kappa shape index (κ1) is 49.7. The third-order valence-electron chi connectivity index (χ3n) is 12.5. The molecule has 0 saturated carbocycles. The quantitative estimate of drug-likeness (QED) is 0.0215. The van der Waals surface area contributed by atoms with E-state index in [0.717, 1.165) is 60.3 Å². The molecule has 0 spiro atoms. The van der Waals surface area contributed by atoms with Gasteiger partial charge in [0.15, 0.2) is 5.65 Å². The molecule has 0 atom stereocenters. The molecule has 0 aliphatic carbocycles. The maximum absolute atomic E-state index is 12.8. The molecule has 0 aliphatic rings. The number of thiol groups is 1. The molecule has 4 heterocycles. The highest BCUT2D eigenvalue weighted by Gasteiger charge is 2.19. The van der Waals surface area contributed by atoms with Gasteiger partial charge in [-0.15, -0.1) is 0 Å². The van der Waals surface area contributed by atoms with Crippen LogP contribution in [-0.2, 0) is 42.4 Å². The fraction of sp³-hybridized carbons (Fsp3) is 0.164. The molecule has 19 heteroatoms. The number of nitrogens with two attached hydrogens (primary N) is 5. The Labute approximate surface area is 430 Å². The lowest BCUT2D eigenvalue weighted by molar-refractivity contribution is -0.645. The SMILES string of the molecule is Nc1ccc2cc3ccc(N)cc3[n+](CCCC(=O)NCc3ccc(C(=O)NCc4ccc(COc5nc(N)nc6nc[nH]c56)cc4)cc3)c2c1.Nc1ccc2cc3ccc(N)cc3[n+](CCCC(=O)NS)c2c1. The van der Waals surface area contributed by atoms with E-state index in [1.807, 2.05) is 109 Å². The van der Waals surface area contributed by atoms with E-state index in [1.165, 1.54) is 6.33 Å². The zero-order chi connectivity index (χ0) is 51.7. The third kappa shape index (κ3) is 11.9. The Morgan fingerprint density at radius 1 is 0.554 bits per heavy atom. The molecule has 0 bridgehead atoms. The van der Waals surface area contributed by atoms with Gasteiger partial charge in [0.2, 0.25) is 45.7 Å². The summed E-state index contributed by atoms with van der Waals surface area (Å²) in [6.45, 7) is 2.33. The summed E-state index contributed by atoms with van der Waals surface area (Å²) in [5.41, 5.74) is 41.0. The standard InChI is InChI=1S/C38H36N10O3.C17H18N4OS/c39-29-13-11-27-16-28-12-14-30(40)18-32(28)48(31(27)17-29)15-1-2-33(49)42-19-24-7-9-26(10-8-24)36(50)43-20-23-3-5-25(6-4-23)21-51-37-34-35(45-22-44-34)46-38(41)47-37;18-13-5-3-11-8-12-4-6-14(19)10-16(12)21(15(11)9-13)7-1-2-17(22)20-23/h3-14,16-18,22H,1-2,15,19-21H2,(H8,39,40,41,42,43,44,45,46,47,49,50);3-6,8-10H,1-2,7H2,(H5,18,19,20,22,23)/p+2. The zero-order valence-electron chi connectivity index (χ0n) is 40.3. The maximum atomic E-state index is 12.8. The minimum Gasteiger partial charge on any atom is -0.471 e. The van der Waals surface area contributed by atoms with Gasteiger partial charge in [-0.3, -0.25) is 14.4 Å². The van der Waals surface area contributed by atoms with Crippen molar-refractivity contribution in [2.75, 3.05) is 28.7 Å². The van der Waals surface area contributed by atoms with E-state index in [4.69, 9.17) is 33.4 Å². The second-order valence-corrected chi connectivity index (χ2v) is 18.1. The van der Waals surface area contributed by atoms with Crippen LogP contribution in [0.3, 0.4) is 0 Å². The summed E-state index contributed by atoms with van der Waals surface area (Å²) in [4.78, 5) is 52.2. The number of amides is 3. The number of nitrogens with one attached hydrogen (secondary N) is 4. The largest absolute Gasteiger partial charge is 0.471 e. The topological polar surface area (TPSA) is 289 Å². The number of imidazole rings is 1. The fourth-order valence-electron chi connectivity index (χ4n) is 8.77. The van der Waals surface area contributed by atoms with Crippen molar-refractivity contribution in [3.8, 4) is 5.88 Å². The molecule has 0 radical (unpaired) electrons. The summed E-state index contributed by atoms with van der Waals surface area (Å²) in [5.74, 6) is 0.0949. The fourth-order valence-corrected chi connectivity index (χ4v) is 8.89. The number of anilines is 5. The normalized spacial score (nSPS) is 11.1. The summed E-state index contributed by atoms with van der Waals surface area (Å²) in [5, 5.41) is 10.3. The van der Waals surface area contributed by atoms with Crippen LogP contribution in [0.5, 0.6) is 5.88 Å². The molecule has 0 fully saturated rings. The van der Waals surface area contributed by atoms with Crippen LogP contribution in [0.4, 0.5) is 28.7 Å². The van der Waals surface area contributed by atoms with E-state index >= 15 is 0 Å². The second-order valence-electron chi connectivity index (χ2n) is 17.9. The maximum Gasteiger partial charge on any atom is 0.251 e. The molecule has 3 amide bonds. The Bertz CT molecular complexity index is 3580. The van der Waals surface area contributed by atoms with Crippen LogP contribution in [0, 0.1) is 0 Å². The number of aryl methyl sites for hydroxylation is 2. The summed E-state index contributed by atoms with van der Waals surface area (Å²) < 4.78 is 12.5. The van der Waals surface area contributed by atoms with Gasteiger partial charge < -0.3 is 53.7 Å². The molecule has 10 aromatic rings. The number of ether oxygens (including phenoxy) is 1. The lowest BCUT2D eigenvalue weighted by Gasteiger charge is -2.09. The first-order valence-corrected chi connectivity index (χ1v) is 24.4. The number of carbonyl (C=O) groups excluding carboxylic acids is 3. The van der Waals surface area contributed by atoms with E-state index in [-0.39, 0.29) is 30.3 Å². The van der Waals surface area contributed by atoms with Crippen molar-refractivity contribution in [1.29, 1.82) is 0 Å². The van der Waals surface area contributed by atoms with Gasteiger partial charge in [0.25, 0.3) is 5.91 Å². The van der Waals surface area contributed by atoms with E-state index in [2.05, 4.69) is 69.4 Å². The van der Waals surface area contributed by atoms with Crippen LogP contribution in [0.1, 0.15) is 52.7 Å². The van der Waals surface area contributed by atoms with Gasteiger partial charge in [-0.2, -0.15) is 19.1 Å². The molecular weight excluding hydrogens is 953 g/mol. The minimum atomic E-state index is -0.190. The van der Waals surface area contributed by atoms with Crippen molar-refractivity contribution in [3.63, 3.8) is 0 Å². The number of aromatic amines is 1. The minimum absolute atomic E-state index is 0.0487. The first-order valence-electron chi connectivity index (χ1n) is 23.9. The van der Waals surface area contributed by atoms with E-state index < -0.39 is 0 Å². The van der Waals surface area contributed by atoms with Crippen molar-refractivity contribution in [1.82, 2.24) is 35.3 Å². The Hall–Kier alpha value is -9.23. The predicted molar refractivity (Wildman–Crippen MR) is 293 cm³/mol. The third-order valence-corrected chi connectivity index (χ3v) is 12.8. The summed E-state index contributed by atoms with van der Waals surface area (Å²) in [7, 11) is 0. The lowest BCUT2D eigenvalue weighted by Crippen LogP contribution is -2.36. The van der Waals surface area contributed by atoms with Crippen molar-refractivity contribution >= 4 is 114 Å². The van der Waals surface area contributed by atoms with Crippen molar-refractivity contribution in [3.05, 3.63) is 162 Å². The molecule has 18 nitrogen and oxygen atoms in total. The van der Waals surface area contributed by atoms with Gasteiger partial charge in [-0.1, -0.05) is 49.2 Å². The van der Waals surface area contributed by atoms with Crippen molar-refractivity contribution in [2.24, 2.45) is 0 Å². The molecule has 374 valence electrons. The number of benzene rings is 6. The average molecular weight is 1010 g/mol. The summed E-state index contributed by atoms with van der Waals surface area (Å²) in [6.07, 6.45) is 3.62. The van der Waals surface area contributed by atoms with Gasteiger partial charge in [-0.05, 0) is 89.5 Å². The smallest absolute Gasteiger partial charge is 0.251 e. The van der Waals surface area contributed by atoms with E-state index in [9.17, 15) is 14.4 Å².